The highest BCUT2D eigenvalue weighted by Crippen LogP contribution is 2.28. The van der Waals surface area contributed by atoms with Gasteiger partial charge in [-0.05, 0) is 24.3 Å². The first kappa shape index (κ1) is 17.1. The van der Waals surface area contributed by atoms with E-state index in [4.69, 9.17) is 9.84 Å². The molecule has 0 aliphatic heterocycles. The summed E-state index contributed by atoms with van der Waals surface area (Å²) in [5, 5.41) is 19.0. The van der Waals surface area contributed by atoms with E-state index in [1.54, 1.807) is 17.8 Å². The summed E-state index contributed by atoms with van der Waals surface area (Å²) >= 11 is 0. The van der Waals surface area contributed by atoms with Crippen molar-refractivity contribution < 1.29 is 4.74 Å². The maximum Gasteiger partial charge on any atom is 0.186 e. The van der Waals surface area contributed by atoms with Crippen LogP contribution in [0.25, 0.3) is 27.8 Å². The van der Waals surface area contributed by atoms with Crippen LogP contribution in [-0.2, 0) is 6.54 Å². The number of ether oxygens (including phenoxy) is 1. The normalized spacial score (nSPS) is 11.1. The number of hydrogen-bond donors (Lipinski definition) is 1. The lowest BCUT2D eigenvalue weighted by atomic mass is 10.1. The number of hydrogen-bond acceptors (Lipinski definition) is 6. The molecule has 0 aliphatic rings. The molecule has 0 saturated carbocycles. The van der Waals surface area contributed by atoms with E-state index in [0.29, 0.717) is 18.0 Å². The molecule has 0 radical (unpaired) electrons. The SMILES string of the molecule is COc1cccc(-c2nnc3c4ccccc4c(NCc4ccccn4)nn23)c1. The van der Waals surface area contributed by atoms with Crippen LogP contribution in [0.2, 0.25) is 0 Å². The summed E-state index contributed by atoms with van der Waals surface area (Å²) in [4.78, 5) is 4.37. The molecule has 0 spiro atoms. The third kappa shape index (κ3) is 3.12. The van der Waals surface area contributed by atoms with Crippen molar-refractivity contribution in [3.63, 3.8) is 0 Å². The highest BCUT2D eigenvalue weighted by molar-refractivity contribution is 6.00. The van der Waals surface area contributed by atoms with Crippen molar-refractivity contribution in [2.75, 3.05) is 12.4 Å². The Hall–Kier alpha value is -4.00. The van der Waals surface area contributed by atoms with Gasteiger partial charge in [0.15, 0.2) is 17.3 Å². The largest absolute Gasteiger partial charge is 0.497 e. The van der Waals surface area contributed by atoms with Crippen molar-refractivity contribution in [3.8, 4) is 17.1 Å². The Bertz CT molecular complexity index is 1300. The van der Waals surface area contributed by atoms with Gasteiger partial charge in [-0.15, -0.1) is 15.3 Å². The zero-order chi connectivity index (χ0) is 19.6. The second kappa shape index (κ2) is 7.20. The number of fused-ring (bicyclic) bond motifs is 3. The van der Waals surface area contributed by atoms with Crippen LogP contribution in [0.15, 0.2) is 72.9 Å². The molecule has 0 saturated heterocycles. The maximum atomic E-state index is 5.35. The fourth-order valence-electron chi connectivity index (χ4n) is 3.33. The Kier molecular flexibility index (Phi) is 4.25. The van der Waals surface area contributed by atoms with Crippen LogP contribution >= 0.6 is 0 Å². The molecule has 1 N–H and O–H groups in total. The Morgan fingerprint density at radius 3 is 2.62 bits per heavy atom. The lowest BCUT2D eigenvalue weighted by Crippen LogP contribution is -2.07. The van der Waals surface area contributed by atoms with Gasteiger partial charge in [-0.1, -0.05) is 42.5 Å². The van der Waals surface area contributed by atoms with Crippen LogP contribution in [0.4, 0.5) is 5.82 Å². The van der Waals surface area contributed by atoms with Gasteiger partial charge in [-0.25, -0.2) is 0 Å². The van der Waals surface area contributed by atoms with Crippen LogP contribution in [0.3, 0.4) is 0 Å². The van der Waals surface area contributed by atoms with Crippen LogP contribution < -0.4 is 10.1 Å². The van der Waals surface area contributed by atoms with Gasteiger partial charge >= 0.3 is 0 Å². The van der Waals surface area contributed by atoms with Gasteiger partial charge < -0.3 is 10.1 Å². The van der Waals surface area contributed by atoms with Crippen molar-refractivity contribution in [3.05, 3.63) is 78.6 Å². The van der Waals surface area contributed by atoms with E-state index < -0.39 is 0 Å². The van der Waals surface area contributed by atoms with Crippen LogP contribution in [0.1, 0.15) is 5.69 Å². The number of nitrogens with one attached hydrogen (secondary N) is 1. The number of anilines is 1. The topological polar surface area (TPSA) is 77.2 Å². The van der Waals surface area contributed by atoms with Crippen molar-refractivity contribution >= 4 is 22.2 Å². The molecule has 0 unspecified atom stereocenters. The number of nitrogens with zero attached hydrogens (tertiary/aromatic N) is 5. The molecular formula is C22H18N6O. The molecule has 0 bridgehead atoms. The highest BCUT2D eigenvalue weighted by atomic mass is 16.5. The molecule has 7 nitrogen and oxygen atoms in total. The van der Waals surface area contributed by atoms with E-state index in [1.807, 2.05) is 66.7 Å². The fraction of sp³-hybridized carbons (Fsp3) is 0.0909. The quantitative estimate of drug-likeness (QED) is 0.496. The van der Waals surface area contributed by atoms with Gasteiger partial charge in [-0.2, -0.15) is 4.52 Å². The monoisotopic (exact) mass is 382 g/mol. The lowest BCUT2D eigenvalue weighted by Gasteiger charge is -2.10. The zero-order valence-corrected chi connectivity index (χ0v) is 15.8. The summed E-state index contributed by atoms with van der Waals surface area (Å²) in [5.41, 5.74) is 2.53. The van der Waals surface area contributed by atoms with E-state index in [-0.39, 0.29) is 0 Å². The first-order chi connectivity index (χ1) is 14.3. The van der Waals surface area contributed by atoms with Crippen molar-refractivity contribution in [1.82, 2.24) is 24.8 Å². The average molecular weight is 382 g/mol. The molecule has 5 aromatic rings. The van der Waals surface area contributed by atoms with Crippen molar-refractivity contribution in [2.45, 2.75) is 6.54 Å². The number of benzene rings is 2. The van der Waals surface area contributed by atoms with Gasteiger partial charge in [0.25, 0.3) is 0 Å². The summed E-state index contributed by atoms with van der Waals surface area (Å²) in [6.07, 6.45) is 1.78. The van der Waals surface area contributed by atoms with Gasteiger partial charge in [0.05, 0.1) is 19.3 Å². The summed E-state index contributed by atoms with van der Waals surface area (Å²) in [5.74, 6) is 2.17. The standard InChI is InChI=1S/C22H18N6O/c1-29-17-9-6-7-15(13-17)21-25-26-22-19-11-3-2-10-18(19)20(27-28(21)22)24-14-16-8-4-5-12-23-16/h2-13H,14H2,1H3,(H,24,27). The van der Waals surface area contributed by atoms with Gasteiger partial charge in [0, 0.05) is 22.5 Å². The predicted molar refractivity (Wildman–Crippen MR) is 112 cm³/mol. The van der Waals surface area contributed by atoms with Crippen LogP contribution in [0.5, 0.6) is 5.75 Å². The lowest BCUT2D eigenvalue weighted by molar-refractivity contribution is 0.415. The third-order valence-corrected chi connectivity index (χ3v) is 4.75. The summed E-state index contributed by atoms with van der Waals surface area (Å²) < 4.78 is 7.12. The molecule has 0 aliphatic carbocycles. The van der Waals surface area contributed by atoms with E-state index in [2.05, 4.69) is 20.5 Å². The first-order valence-corrected chi connectivity index (χ1v) is 9.26. The number of pyridine rings is 1. The molecule has 2 aromatic carbocycles. The predicted octanol–water partition coefficient (Wildman–Crippen LogP) is 3.96. The summed E-state index contributed by atoms with van der Waals surface area (Å²) in [6.45, 7) is 0.569. The van der Waals surface area contributed by atoms with E-state index in [9.17, 15) is 0 Å². The number of methoxy groups -OCH3 is 1. The average Bonchev–Trinajstić information content (AvgIpc) is 3.22. The number of aromatic nitrogens is 5. The van der Waals surface area contributed by atoms with Gasteiger partial charge in [0.2, 0.25) is 0 Å². The Morgan fingerprint density at radius 2 is 1.79 bits per heavy atom. The molecule has 7 heteroatoms. The molecule has 0 amide bonds. The number of rotatable bonds is 5. The van der Waals surface area contributed by atoms with E-state index in [1.165, 1.54) is 0 Å². The van der Waals surface area contributed by atoms with Crippen LogP contribution in [-0.4, -0.2) is 31.9 Å². The molecule has 3 heterocycles. The van der Waals surface area contributed by atoms with E-state index >= 15 is 0 Å². The van der Waals surface area contributed by atoms with Gasteiger partial charge in [-0.3, -0.25) is 4.98 Å². The molecule has 5 rings (SSSR count). The minimum atomic E-state index is 0.569. The molecule has 29 heavy (non-hydrogen) atoms. The Labute approximate surface area is 167 Å². The summed E-state index contributed by atoms with van der Waals surface area (Å²) in [6, 6.07) is 21.6. The Morgan fingerprint density at radius 1 is 0.931 bits per heavy atom. The van der Waals surface area contributed by atoms with Crippen molar-refractivity contribution in [2.24, 2.45) is 0 Å². The minimum absolute atomic E-state index is 0.569. The molecular weight excluding hydrogens is 364 g/mol. The molecule has 0 atom stereocenters. The first-order valence-electron chi connectivity index (χ1n) is 9.26. The minimum Gasteiger partial charge on any atom is -0.497 e. The fourth-order valence-corrected chi connectivity index (χ4v) is 3.33. The van der Waals surface area contributed by atoms with Crippen molar-refractivity contribution in [1.29, 1.82) is 0 Å². The molecule has 0 fully saturated rings. The third-order valence-electron chi connectivity index (χ3n) is 4.75. The maximum absolute atomic E-state index is 5.35. The van der Waals surface area contributed by atoms with E-state index in [0.717, 1.165) is 33.6 Å². The summed E-state index contributed by atoms with van der Waals surface area (Å²) in [7, 11) is 1.65. The van der Waals surface area contributed by atoms with Gasteiger partial charge in [0.1, 0.15) is 5.75 Å². The second-order valence-corrected chi connectivity index (χ2v) is 6.56. The smallest absolute Gasteiger partial charge is 0.186 e. The Balaban J connectivity index is 1.65. The molecule has 142 valence electrons. The zero-order valence-electron chi connectivity index (χ0n) is 15.8. The van der Waals surface area contributed by atoms with Crippen LogP contribution in [0, 0.1) is 0 Å². The highest BCUT2D eigenvalue weighted by Gasteiger charge is 2.15. The molecule has 3 aromatic heterocycles. The second-order valence-electron chi connectivity index (χ2n) is 6.56.